The minimum absolute atomic E-state index is 0.237. The van der Waals surface area contributed by atoms with E-state index >= 15 is 0 Å². The summed E-state index contributed by atoms with van der Waals surface area (Å²) in [6.07, 6.45) is 4.98. The van der Waals surface area contributed by atoms with Gasteiger partial charge in [0.05, 0.1) is 5.39 Å². The highest BCUT2D eigenvalue weighted by molar-refractivity contribution is 6.33. The maximum atomic E-state index is 12.1. The molecule has 2 aromatic rings. The lowest BCUT2D eigenvalue weighted by Gasteiger charge is -2.34. The van der Waals surface area contributed by atoms with Gasteiger partial charge in [-0.1, -0.05) is 11.6 Å². The maximum absolute atomic E-state index is 12.1. The van der Waals surface area contributed by atoms with E-state index < -0.39 is 5.60 Å². The van der Waals surface area contributed by atoms with Crippen molar-refractivity contribution in [2.45, 2.75) is 45.3 Å². The molecule has 124 valence electrons. The van der Waals surface area contributed by atoms with E-state index in [4.69, 9.17) is 16.3 Å². The Bertz CT molecular complexity index is 714. The Morgan fingerprint density at radius 3 is 2.65 bits per heavy atom. The number of likely N-dealkylation sites (tertiary alicyclic amines) is 1. The number of halogens is 1. The molecule has 0 unspecified atom stereocenters. The first-order valence-electron chi connectivity index (χ1n) is 7.80. The molecule has 0 saturated carbocycles. The van der Waals surface area contributed by atoms with E-state index in [-0.39, 0.29) is 6.09 Å². The second-order valence-electron chi connectivity index (χ2n) is 6.82. The molecule has 23 heavy (non-hydrogen) atoms. The van der Waals surface area contributed by atoms with E-state index in [0.29, 0.717) is 24.3 Å². The average Bonchev–Trinajstić information content (AvgIpc) is 2.91. The van der Waals surface area contributed by atoms with Gasteiger partial charge >= 0.3 is 6.09 Å². The van der Waals surface area contributed by atoms with Crippen molar-refractivity contribution in [1.82, 2.24) is 19.4 Å². The third-order valence-corrected chi connectivity index (χ3v) is 4.27. The van der Waals surface area contributed by atoms with Crippen LogP contribution in [0.1, 0.15) is 39.7 Å². The minimum Gasteiger partial charge on any atom is -0.444 e. The van der Waals surface area contributed by atoms with Crippen molar-refractivity contribution in [1.29, 1.82) is 0 Å². The molecule has 2 aromatic heterocycles. The molecule has 0 aliphatic carbocycles. The van der Waals surface area contributed by atoms with Crippen LogP contribution >= 0.6 is 11.6 Å². The molecule has 0 atom stereocenters. The first-order valence-corrected chi connectivity index (χ1v) is 8.18. The molecule has 0 N–H and O–H groups in total. The predicted molar refractivity (Wildman–Crippen MR) is 88.6 cm³/mol. The molecule has 1 fully saturated rings. The highest BCUT2D eigenvalue weighted by atomic mass is 35.5. The normalized spacial score (nSPS) is 16.8. The third-order valence-electron chi connectivity index (χ3n) is 3.97. The van der Waals surface area contributed by atoms with Crippen molar-refractivity contribution in [2.75, 3.05) is 13.1 Å². The molecule has 3 rings (SSSR count). The highest BCUT2D eigenvalue weighted by Crippen LogP contribution is 2.29. The van der Waals surface area contributed by atoms with Crippen LogP contribution in [0.5, 0.6) is 0 Å². The second kappa shape index (κ2) is 6.00. The van der Waals surface area contributed by atoms with E-state index in [9.17, 15) is 4.79 Å². The summed E-state index contributed by atoms with van der Waals surface area (Å²) in [5.74, 6) is 0. The van der Waals surface area contributed by atoms with E-state index in [0.717, 1.165) is 23.9 Å². The topological polar surface area (TPSA) is 60.2 Å². The molecular formula is C16H21ClN4O2. The van der Waals surface area contributed by atoms with Crippen molar-refractivity contribution in [3.05, 3.63) is 23.7 Å². The lowest BCUT2D eigenvalue weighted by atomic mass is 10.1. The number of hydrogen-bond donors (Lipinski definition) is 0. The largest absolute Gasteiger partial charge is 0.444 e. The number of rotatable bonds is 1. The molecule has 0 spiro atoms. The summed E-state index contributed by atoms with van der Waals surface area (Å²) >= 11 is 6.10. The van der Waals surface area contributed by atoms with Gasteiger partial charge < -0.3 is 14.2 Å². The first-order chi connectivity index (χ1) is 10.8. The molecule has 1 amide bonds. The highest BCUT2D eigenvalue weighted by Gasteiger charge is 2.28. The Morgan fingerprint density at radius 2 is 2.00 bits per heavy atom. The van der Waals surface area contributed by atoms with E-state index in [1.807, 2.05) is 33.0 Å². The predicted octanol–water partition coefficient (Wildman–Crippen LogP) is 3.66. The van der Waals surface area contributed by atoms with Crippen LogP contribution in [0.4, 0.5) is 4.79 Å². The fourth-order valence-corrected chi connectivity index (χ4v) is 3.08. The summed E-state index contributed by atoms with van der Waals surface area (Å²) < 4.78 is 7.57. The number of ether oxygens (including phenoxy) is 1. The lowest BCUT2D eigenvalue weighted by molar-refractivity contribution is 0.0189. The van der Waals surface area contributed by atoms with Crippen LogP contribution in [0, 0.1) is 0 Å². The third kappa shape index (κ3) is 3.42. The van der Waals surface area contributed by atoms with E-state index in [1.165, 1.54) is 6.33 Å². The summed E-state index contributed by atoms with van der Waals surface area (Å²) in [5, 5.41) is 1.34. The maximum Gasteiger partial charge on any atom is 0.410 e. The number of carbonyl (C=O) groups is 1. The smallest absolute Gasteiger partial charge is 0.410 e. The van der Waals surface area contributed by atoms with Gasteiger partial charge in [-0.25, -0.2) is 14.8 Å². The number of piperidine rings is 1. The zero-order valence-electron chi connectivity index (χ0n) is 13.6. The lowest BCUT2D eigenvalue weighted by Crippen LogP contribution is -2.42. The van der Waals surface area contributed by atoms with Crippen LogP contribution in [0.25, 0.3) is 11.0 Å². The standard InChI is InChI=1S/C16H21ClN4O2/c1-16(2,3)23-15(22)20-7-4-11(5-8-20)21-9-6-12-13(17)18-10-19-14(12)21/h6,9-11H,4-5,7-8H2,1-3H3. The summed E-state index contributed by atoms with van der Waals surface area (Å²) in [5.41, 5.74) is 0.388. The van der Waals surface area contributed by atoms with Gasteiger partial charge in [0, 0.05) is 25.3 Å². The van der Waals surface area contributed by atoms with Crippen LogP contribution in [0.3, 0.4) is 0 Å². The first kappa shape index (κ1) is 16.1. The molecule has 1 aliphatic heterocycles. The zero-order chi connectivity index (χ0) is 16.6. The van der Waals surface area contributed by atoms with E-state index in [1.54, 1.807) is 4.90 Å². The quantitative estimate of drug-likeness (QED) is 0.746. The SMILES string of the molecule is CC(C)(C)OC(=O)N1CCC(n2ccc3c(Cl)ncnc32)CC1. The molecule has 0 radical (unpaired) electrons. The molecular weight excluding hydrogens is 316 g/mol. The Kier molecular flexibility index (Phi) is 4.19. The summed E-state index contributed by atoms with van der Waals surface area (Å²) in [4.78, 5) is 22.2. The van der Waals surface area contributed by atoms with Crippen LogP contribution < -0.4 is 0 Å². The molecule has 1 saturated heterocycles. The Morgan fingerprint density at radius 1 is 1.30 bits per heavy atom. The van der Waals surface area contributed by atoms with Crippen molar-refractivity contribution in [3.8, 4) is 0 Å². The van der Waals surface area contributed by atoms with E-state index in [2.05, 4.69) is 14.5 Å². The molecule has 1 aliphatic rings. The monoisotopic (exact) mass is 336 g/mol. The molecule has 0 bridgehead atoms. The van der Waals surface area contributed by atoms with Gasteiger partial charge in [-0.2, -0.15) is 0 Å². The Labute approximate surface area is 140 Å². The number of amides is 1. The fourth-order valence-electron chi connectivity index (χ4n) is 2.89. The average molecular weight is 337 g/mol. The van der Waals surface area contributed by atoms with Gasteiger partial charge in [0.25, 0.3) is 0 Å². The Balaban J connectivity index is 1.69. The van der Waals surface area contributed by atoms with Gasteiger partial charge in [-0.3, -0.25) is 0 Å². The summed E-state index contributed by atoms with van der Waals surface area (Å²) in [7, 11) is 0. The number of carbonyl (C=O) groups excluding carboxylic acids is 1. The van der Waals surface area contributed by atoms with Gasteiger partial charge in [-0.05, 0) is 39.7 Å². The number of fused-ring (bicyclic) bond motifs is 1. The van der Waals surface area contributed by atoms with Crippen LogP contribution in [-0.4, -0.2) is 44.2 Å². The van der Waals surface area contributed by atoms with Gasteiger partial charge in [0.1, 0.15) is 22.7 Å². The van der Waals surface area contributed by atoms with Crippen molar-refractivity contribution in [2.24, 2.45) is 0 Å². The minimum atomic E-state index is -0.460. The molecule has 7 heteroatoms. The van der Waals surface area contributed by atoms with Crippen molar-refractivity contribution >= 4 is 28.7 Å². The van der Waals surface area contributed by atoms with Crippen molar-refractivity contribution in [3.63, 3.8) is 0 Å². The van der Waals surface area contributed by atoms with Gasteiger partial charge in [-0.15, -0.1) is 0 Å². The number of aromatic nitrogens is 3. The van der Waals surface area contributed by atoms with Crippen LogP contribution in [0.2, 0.25) is 5.15 Å². The van der Waals surface area contributed by atoms with Crippen molar-refractivity contribution < 1.29 is 9.53 Å². The van der Waals surface area contributed by atoms with Gasteiger partial charge in [0.15, 0.2) is 0 Å². The number of nitrogens with zero attached hydrogens (tertiary/aromatic N) is 4. The summed E-state index contributed by atoms with van der Waals surface area (Å²) in [6, 6.07) is 2.25. The van der Waals surface area contributed by atoms with Crippen LogP contribution in [0.15, 0.2) is 18.6 Å². The van der Waals surface area contributed by atoms with Crippen LogP contribution in [-0.2, 0) is 4.74 Å². The molecule has 0 aromatic carbocycles. The summed E-state index contributed by atoms with van der Waals surface area (Å²) in [6.45, 7) is 7.00. The second-order valence-corrected chi connectivity index (χ2v) is 7.18. The molecule has 3 heterocycles. The number of hydrogen-bond acceptors (Lipinski definition) is 4. The zero-order valence-corrected chi connectivity index (χ0v) is 14.4. The fraction of sp³-hybridized carbons (Fsp3) is 0.562. The molecule has 6 nitrogen and oxygen atoms in total. The van der Waals surface area contributed by atoms with Gasteiger partial charge in [0.2, 0.25) is 0 Å². The Hall–Kier alpha value is -1.82.